The number of aryl methyl sites for hydroxylation is 4. The number of benzene rings is 1. The Bertz CT molecular complexity index is 1710. The number of carbonyl (C=O) groups excluding carboxylic acids is 1. The Hall–Kier alpha value is -5.29. The van der Waals surface area contributed by atoms with E-state index in [9.17, 15) is 9.59 Å². The minimum Gasteiger partial charge on any atom is -0.478 e. The van der Waals surface area contributed by atoms with Gasteiger partial charge in [0.1, 0.15) is 5.69 Å². The van der Waals surface area contributed by atoms with Crippen LogP contribution >= 0.6 is 0 Å². The Morgan fingerprint density at radius 2 is 1.52 bits per heavy atom. The third kappa shape index (κ3) is 7.67. The van der Waals surface area contributed by atoms with E-state index >= 15 is 0 Å². The van der Waals surface area contributed by atoms with Crippen LogP contribution in [-0.4, -0.2) is 74.8 Å². The van der Waals surface area contributed by atoms with Crippen molar-refractivity contribution in [2.75, 3.05) is 0 Å². The summed E-state index contributed by atoms with van der Waals surface area (Å²) in [7, 11) is 9.04. The van der Waals surface area contributed by atoms with Crippen molar-refractivity contribution in [1.82, 2.24) is 44.3 Å². The van der Waals surface area contributed by atoms with Crippen molar-refractivity contribution in [2.24, 2.45) is 21.1 Å². The van der Waals surface area contributed by atoms with Gasteiger partial charge in [0.05, 0.1) is 52.9 Å². The van der Waals surface area contributed by atoms with Crippen LogP contribution < -0.4 is 0 Å². The molecule has 216 valence electrons. The van der Waals surface area contributed by atoms with E-state index in [1.807, 2.05) is 48.8 Å². The number of nitrogens with zero attached hydrogens (tertiary/aromatic N) is 9. The summed E-state index contributed by atoms with van der Waals surface area (Å²) >= 11 is 0. The second-order valence-corrected chi connectivity index (χ2v) is 8.96. The van der Waals surface area contributed by atoms with Gasteiger partial charge in [-0.1, -0.05) is 17.2 Å². The van der Waals surface area contributed by atoms with E-state index in [2.05, 4.69) is 39.6 Å². The van der Waals surface area contributed by atoms with Gasteiger partial charge in [0.2, 0.25) is 0 Å². The fourth-order valence-corrected chi connectivity index (χ4v) is 3.52. The topological polar surface area (TPSA) is 159 Å². The molecule has 0 saturated carbocycles. The minimum absolute atomic E-state index is 0.218. The van der Waals surface area contributed by atoms with Crippen LogP contribution in [0.4, 0.5) is 0 Å². The van der Waals surface area contributed by atoms with Gasteiger partial charge in [-0.3, -0.25) is 18.8 Å². The molecule has 0 spiro atoms. The Kier molecular flexibility index (Phi) is 11.7. The van der Waals surface area contributed by atoms with E-state index in [1.54, 1.807) is 61.7 Å². The SMILES string of the molecule is C#Cc1cnn(C)c1C.Cc1c(C=O)cnn1C.Cc1ccc(C(=O)O)cc1-n1cc(-c2cnn(C)c2C)nn1.[B]O. The van der Waals surface area contributed by atoms with Crippen LogP contribution in [0.15, 0.2) is 43.0 Å². The zero-order valence-electron chi connectivity index (χ0n) is 24.5. The molecule has 2 N–H and O–H groups in total. The number of terminal acetylenes is 1. The molecular formula is C28H32BN9O4. The van der Waals surface area contributed by atoms with E-state index in [1.165, 1.54) is 0 Å². The van der Waals surface area contributed by atoms with Crippen LogP contribution in [0.25, 0.3) is 16.9 Å². The molecule has 0 aliphatic carbocycles. The highest BCUT2D eigenvalue weighted by Crippen LogP contribution is 2.22. The largest absolute Gasteiger partial charge is 0.478 e. The van der Waals surface area contributed by atoms with Gasteiger partial charge in [-0.15, -0.1) is 11.5 Å². The monoisotopic (exact) mass is 569 g/mol. The normalized spacial score (nSPS) is 9.79. The number of aromatic nitrogens is 9. The molecule has 13 nitrogen and oxygen atoms in total. The van der Waals surface area contributed by atoms with Gasteiger partial charge in [-0.2, -0.15) is 15.3 Å². The number of rotatable bonds is 4. The number of aromatic carboxylic acids is 1. The molecule has 14 heteroatoms. The van der Waals surface area contributed by atoms with Crippen molar-refractivity contribution >= 4 is 20.3 Å². The molecule has 5 aromatic rings. The van der Waals surface area contributed by atoms with Crippen molar-refractivity contribution in [1.29, 1.82) is 0 Å². The summed E-state index contributed by atoms with van der Waals surface area (Å²) in [6.07, 6.45) is 12.7. The van der Waals surface area contributed by atoms with Crippen molar-refractivity contribution in [3.05, 3.63) is 82.3 Å². The molecule has 0 aliphatic rings. The van der Waals surface area contributed by atoms with E-state index in [-0.39, 0.29) is 5.56 Å². The first-order chi connectivity index (χ1) is 20.0. The molecule has 0 unspecified atom stereocenters. The van der Waals surface area contributed by atoms with Crippen LogP contribution in [-0.2, 0) is 21.1 Å². The Labute approximate surface area is 244 Å². The van der Waals surface area contributed by atoms with Gasteiger partial charge >= 0.3 is 5.97 Å². The molecule has 1 aromatic carbocycles. The first-order valence-corrected chi connectivity index (χ1v) is 12.4. The summed E-state index contributed by atoms with van der Waals surface area (Å²) in [6, 6.07) is 4.92. The van der Waals surface area contributed by atoms with Crippen LogP contribution in [0.1, 0.15) is 48.9 Å². The molecule has 0 atom stereocenters. The first kappa shape index (κ1) is 32.9. The highest BCUT2D eigenvalue weighted by molar-refractivity contribution is 5.95. The Balaban J connectivity index is 0.000000254. The molecule has 4 heterocycles. The van der Waals surface area contributed by atoms with E-state index in [4.69, 9.17) is 16.6 Å². The Morgan fingerprint density at radius 1 is 0.929 bits per heavy atom. The molecule has 2 radical (unpaired) electrons. The third-order valence-corrected chi connectivity index (χ3v) is 6.50. The summed E-state index contributed by atoms with van der Waals surface area (Å²) in [4.78, 5) is 21.3. The zero-order chi connectivity index (χ0) is 31.6. The summed E-state index contributed by atoms with van der Waals surface area (Å²) in [5.41, 5.74) is 7.91. The van der Waals surface area contributed by atoms with Crippen LogP contribution in [0.3, 0.4) is 0 Å². The van der Waals surface area contributed by atoms with Gasteiger partial charge in [-0.05, 0) is 45.4 Å². The maximum absolute atomic E-state index is 11.1. The lowest BCUT2D eigenvalue weighted by Crippen LogP contribution is -2.02. The number of hydrogen-bond donors (Lipinski definition) is 2. The van der Waals surface area contributed by atoms with Gasteiger partial charge in [0, 0.05) is 38.1 Å². The van der Waals surface area contributed by atoms with Crippen LogP contribution in [0.2, 0.25) is 0 Å². The van der Waals surface area contributed by atoms with Crippen molar-refractivity contribution in [3.8, 4) is 29.3 Å². The van der Waals surface area contributed by atoms with E-state index in [0.717, 1.165) is 40.1 Å². The minimum atomic E-state index is -0.968. The maximum Gasteiger partial charge on any atom is 0.335 e. The quantitative estimate of drug-likeness (QED) is 0.188. The second kappa shape index (κ2) is 14.9. The first-order valence-electron chi connectivity index (χ1n) is 12.4. The number of carboxylic acid groups (broad SMARTS) is 1. The highest BCUT2D eigenvalue weighted by atomic mass is 16.4. The van der Waals surface area contributed by atoms with E-state index < -0.39 is 5.97 Å². The van der Waals surface area contributed by atoms with Gasteiger partial charge in [0.15, 0.2) is 6.29 Å². The second-order valence-electron chi connectivity index (χ2n) is 8.96. The molecule has 42 heavy (non-hydrogen) atoms. The van der Waals surface area contributed by atoms with Crippen LogP contribution in [0, 0.1) is 40.0 Å². The predicted molar refractivity (Wildman–Crippen MR) is 157 cm³/mol. The molecule has 5 rings (SSSR count). The molecule has 0 amide bonds. The number of aldehydes is 1. The third-order valence-electron chi connectivity index (χ3n) is 6.50. The van der Waals surface area contributed by atoms with E-state index in [0.29, 0.717) is 16.9 Å². The van der Waals surface area contributed by atoms with Crippen molar-refractivity contribution < 1.29 is 19.7 Å². The smallest absolute Gasteiger partial charge is 0.335 e. The van der Waals surface area contributed by atoms with Crippen LogP contribution in [0.5, 0.6) is 0 Å². The maximum atomic E-state index is 11.1. The molecule has 4 aromatic heterocycles. The van der Waals surface area contributed by atoms with Crippen molar-refractivity contribution in [2.45, 2.75) is 27.7 Å². The number of carboxylic acids is 1. The van der Waals surface area contributed by atoms with Gasteiger partial charge in [0.25, 0.3) is 8.05 Å². The van der Waals surface area contributed by atoms with Gasteiger partial charge < -0.3 is 10.1 Å². The summed E-state index contributed by atoms with van der Waals surface area (Å²) in [5.74, 6) is 1.56. The molecule has 0 fully saturated rings. The summed E-state index contributed by atoms with van der Waals surface area (Å²) < 4.78 is 6.78. The molecule has 0 bridgehead atoms. The summed E-state index contributed by atoms with van der Waals surface area (Å²) in [6.45, 7) is 7.66. The van der Waals surface area contributed by atoms with Gasteiger partial charge in [-0.25, -0.2) is 9.48 Å². The van der Waals surface area contributed by atoms with Crippen molar-refractivity contribution in [3.63, 3.8) is 0 Å². The average Bonchev–Trinajstić information content (AvgIpc) is 3.76. The lowest BCUT2D eigenvalue weighted by molar-refractivity contribution is 0.0696. The predicted octanol–water partition coefficient (Wildman–Crippen LogP) is 2.30. The molecular weight excluding hydrogens is 537 g/mol. The lowest BCUT2D eigenvalue weighted by atomic mass is 10.1. The zero-order valence-corrected chi connectivity index (χ0v) is 24.5. The summed E-state index contributed by atoms with van der Waals surface area (Å²) in [5, 5.41) is 35.9. The lowest BCUT2D eigenvalue weighted by Gasteiger charge is -2.05. The fraction of sp³-hybridized carbons (Fsp3) is 0.250. The average molecular weight is 569 g/mol. The Morgan fingerprint density at radius 3 is 1.95 bits per heavy atom. The highest BCUT2D eigenvalue weighted by Gasteiger charge is 2.13. The fourth-order valence-electron chi connectivity index (χ4n) is 3.52. The standard InChI is InChI=1S/C15H15N5O2.C7H8N2.C6H8N2O.BHO/c1-9-4-5-11(15(21)22)6-14(9)20-8-13(17-18-20)12-7-16-19(3)10(12)2;1-4-7-5-8-9(3)6(7)2;1-5-6(4-9)3-7-8(5)2;1-2/h4-8H,1-3H3,(H,21,22);1,5H,2-3H3;3-4H,1-2H3;2H. The molecule has 0 aliphatic heterocycles. The number of carbonyl (C=O) groups is 2. The number of hydrogen-bond acceptors (Lipinski definition) is 8. The molecule has 0 saturated heterocycles.